The Labute approximate surface area is 123 Å². The van der Waals surface area contributed by atoms with Crippen LogP contribution in [0.15, 0.2) is 52.9 Å². The molecule has 3 aromatic rings. The summed E-state index contributed by atoms with van der Waals surface area (Å²) >= 11 is 0. The molecule has 0 radical (unpaired) electrons. The first kappa shape index (κ1) is 13.3. The van der Waals surface area contributed by atoms with E-state index in [1.165, 1.54) is 0 Å². The first-order valence-corrected chi connectivity index (χ1v) is 6.73. The zero-order valence-corrected chi connectivity index (χ0v) is 11.9. The molecule has 21 heavy (non-hydrogen) atoms. The highest BCUT2D eigenvalue weighted by molar-refractivity contribution is 5.77. The Kier molecular flexibility index (Phi) is 3.20. The number of oxazole rings is 1. The fourth-order valence-corrected chi connectivity index (χ4v) is 2.21. The van der Waals surface area contributed by atoms with E-state index in [0.29, 0.717) is 11.5 Å². The fraction of sp³-hybridized carbons (Fsp3) is 0.176. The van der Waals surface area contributed by atoms with Crippen molar-refractivity contribution in [3.8, 4) is 17.5 Å². The highest BCUT2D eigenvalue weighted by Crippen LogP contribution is 2.28. The van der Waals surface area contributed by atoms with E-state index in [9.17, 15) is 5.26 Å². The van der Waals surface area contributed by atoms with Gasteiger partial charge in [-0.25, -0.2) is 4.98 Å². The lowest BCUT2D eigenvalue weighted by molar-refractivity contribution is 0.518. The van der Waals surface area contributed by atoms with Gasteiger partial charge >= 0.3 is 0 Å². The van der Waals surface area contributed by atoms with Gasteiger partial charge in [-0.15, -0.1) is 0 Å². The standard InChI is InChI=1S/C17H15N3O/c1-17(11-18,19-2)13-8-9-15-14(10-13)20-16(21-15)12-6-4-3-5-7-12/h3-10,19H,1-2H3. The minimum Gasteiger partial charge on any atom is -0.436 e. The summed E-state index contributed by atoms with van der Waals surface area (Å²) in [4.78, 5) is 4.52. The molecule has 1 N–H and O–H groups in total. The number of fused-ring (bicyclic) bond motifs is 1. The monoisotopic (exact) mass is 277 g/mol. The minimum atomic E-state index is -0.736. The van der Waals surface area contributed by atoms with Gasteiger partial charge in [-0.05, 0) is 43.8 Å². The predicted molar refractivity (Wildman–Crippen MR) is 81.5 cm³/mol. The Hall–Kier alpha value is -2.64. The number of benzene rings is 2. The molecular weight excluding hydrogens is 262 g/mol. The predicted octanol–water partition coefficient (Wildman–Crippen LogP) is 3.45. The first-order chi connectivity index (χ1) is 10.2. The summed E-state index contributed by atoms with van der Waals surface area (Å²) in [6.07, 6.45) is 0. The van der Waals surface area contributed by atoms with Gasteiger partial charge in [-0.2, -0.15) is 5.26 Å². The molecule has 104 valence electrons. The summed E-state index contributed by atoms with van der Waals surface area (Å²) in [5.41, 5.74) is 2.54. The molecular formula is C17H15N3O. The van der Waals surface area contributed by atoms with Gasteiger partial charge in [-0.1, -0.05) is 24.3 Å². The van der Waals surface area contributed by atoms with E-state index < -0.39 is 5.54 Å². The number of nitrogens with zero attached hydrogens (tertiary/aromatic N) is 2. The largest absolute Gasteiger partial charge is 0.436 e. The topological polar surface area (TPSA) is 61.9 Å². The molecule has 0 saturated carbocycles. The zero-order chi connectivity index (χ0) is 14.9. The first-order valence-electron chi connectivity index (χ1n) is 6.73. The Morgan fingerprint density at radius 2 is 1.95 bits per heavy atom. The third kappa shape index (κ3) is 2.28. The number of aromatic nitrogens is 1. The van der Waals surface area contributed by atoms with E-state index in [-0.39, 0.29) is 0 Å². The molecule has 3 rings (SSSR count). The fourth-order valence-electron chi connectivity index (χ4n) is 2.21. The van der Waals surface area contributed by atoms with Crippen LogP contribution in [0.4, 0.5) is 0 Å². The molecule has 0 aliphatic heterocycles. The van der Waals surface area contributed by atoms with E-state index in [4.69, 9.17) is 4.42 Å². The van der Waals surface area contributed by atoms with E-state index in [1.54, 1.807) is 7.05 Å². The molecule has 1 heterocycles. The highest BCUT2D eigenvalue weighted by atomic mass is 16.3. The molecule has 2 aromatic carbocycles. The van der Waals surface area contributed by atoms with E-state index in [1.807, 2.05) is 55.5 Å². The molecule has 4 heteroatoms. The lowest BCUT2D eigenvalue weighted by atomic mass is 9.94. The number of nitriles is 1. The van der Waals surface area contributed by atoms with Gasteiger partial charge in [0.25, 0.3) is 0 Å². The SMILES string of the molecule is CNC(C)(C#N)c1ccc2oc(-c3ccccc3)nc2c1. The Morgan fingerprint density at radius 1 is 1.19 bits per heavy atom. The second kappa shape index (κ2) is 5.04. The molecule has 0 aliphatic carbocycles. The molecule has 0 amide bonds. The van der Waals surface area contributed by atoms with Crippen molar-refractivity contribution in [3.05, 3.63) is 54.1 Å². The molecule has 1 aromatic heterocycles. The number of hydrogen-bond donors (Lipinski definition) is 1. The highest BCUT2D eigenvalue weighted by Gasteiger charge is 2.24. The van der Waals surface area contributed by atoms with Crippen LogP contribution < -0.4 is 5.32 Å². The molecule has 0 bridgehead atoms. The van der Waals surface area contributed by atoms with Crippen molar-refractivity contribution in [2.45, 2.75) is 12.5 Å². The molecule has 0 fully saturated rings. The molecule has 0 saturated heterocycles. The molecule has 1 atom stereocenters. The van der Waals surface area contributed by atoms with Gasteiger partial charge in [0.15, 0.2) is 5.58 Å². The van der Waals surface area contributed by atoms with Crippen LogP contribution in [0.2, 0.25) is 0 Å². The van der Waals surface area contributed by atoms with Crippen LogP contribution >= 0.6 is 0 Å². The van der Waals surface area contributed by atoms with Gasteiger partial charge in [0, 0.05) is 5.56 Å². The summed E-state index contributed by atoms with van der Waals surface area (Å²) in [5, 5.41) is 12.4. The van der Waals surface area contributed by atoms with Crippen LogP contribution in [-0.2, 0) is 5.54 Å². The number of hydrogen-bond acceptors (Lipinski definition) is 4. The number of rotatable bonds is 3. The molecule has 0 aliphatic rings. The van der Waals surface area contributed by atoms with Gasteiger partial charge in [0.05, 0.1) is 6.07 Å². The molecule has 4 nitrogen and oxygen atoms in total. The zero-order valence-electron chi connectivity index (χ0n) is 11.9. The summed E-state index contributed by atoms with van der Waals surface area (Å²) in [5.74, 6) is 0.589. The quantitative estimate of drug-likeness (QED) is 0.796. The van der Waals surface area contributed by atoms with Crippen molar-refractivity contribution in [2.24, 2.45) is 0 Å². The van der Waals surface area contributed by atoms with Gasteiger partial charge < -0.3 is 4.42 Å². The van der Waals surface area contributed by atoms with Crippen LogP contribution in [-0.4, -0.2) is 12.0 Å². The van der Waals surface area contributed by atoms with Crippen molar-refractivity contribution >= 4 is 11.1 Å². The van der Waals surface area contributed by atoms with Crippen molar-refractivity contribution in [3.63, 3.8) is 0 Å². The Balaban J connectivity index is 2.10. The summed E-state index contributed by atoms with van der Waals surface area (Å²) < 4.78 is 5.77. The third-order valence-corrected chi connectivity index (χ3v) is 3.71. The number of nitrogens with one attached hydrogen (secondary N) is 1. The Morgan fingerprint density at radius 3 is 2.62 bits per heavy atom. The van der Waals surface area contributed by atoms with E-state index >= 15 is 0 Å². The lowest BCUT2D eigenvalue weighted by Gasteiger charge is -2.20. The van der Waals surface area contributed by atoms with Crippen LogP contribution in [0.1, 0.15) is 12.5 Å². The van der Waals surface area contributed by atoms with Gasteiger partial charge in [-0.3, -0.25) is 5.32 Å². The summed E-state index contributed by atoms with van der Waals surface area (Å²) in [7, 11) is 1.77. The average molecular weight is 277 g/mol. The van der Waals surface area contributed by atoms with Crippen molar-refractivity contribution < 1.29 is 4.42 Å². The van der Waals surface area contributed by atoms with Crippen LogP contribution in [0.5, 0.6) is 0 Å². The Bertz CT molecular complexity index is 817. The normalized spacial score (nSPS) is 13.8. The summed E-state index contributed by atoms with van der Waals surface area (Å²) in [6, 6.07) is 17.7. The van der Waals surface area contributed by atoms with Crippen LogP contribution in [0, 0.1) is 11.3 Å². The maximum atomic E-state index is 9.34. The summed E-state index contributed by atoms with van der Waals surface area (Å²) in [6.45, 7) is 1.84. The lowest BCUT2D eigenvalue weighted by Crippen LogP contribution is -2.34. The van der Waals surface area contributed by atoms with E-state index in [0.717, 1.165) is 16.6 Å². The smallest absolute Gasteiger partial charge is 0.227 e. The minimum absolute atomic E-state index is 0.589. The third-order valence-electron chi connectivity index (χ3n) is 3.71. The van der Waals surface area contributed by atoms with Crippen LogP contribution in [0.25, 0.3) is 22.6 Å². The van der Waals surface area contributed by atoms with Gasteiger partial charge in [0.1, 0.15) is 11.1 Å². The van der Waals surface area contributed by atoms with Crippen molar-refractivity contribution in [2.75, 3.05) is 7.05 Å². The van der Waals surface area contributed by atoms with Crippen LogP contribution in [0.3, 0.4) is 0 Å². The second-order valence-electron chi connectivity index (χ2n) is 5.05. The van der Waals surface area contributed by atoms with E-state index in [2.05, 4.69) is 16.4 Å². The average Bonchev–Trinajstić information content (AvgIpc) is 2.98. The van der Waals surface area contributed by atoms with Gasteiger partial charge in [0.2, 0.25) is 5.89 Å². The maximum absolute atomic E-state index is 9.34. The molecule has 0 spiro atoms. The molecule has 1 unspecified atom stereocenters. The van der Waals surface area contributed by atoms with Crippen molar-refractivity contribution in [1.82, 2.24) is 10.3 Å². The second-order valence-corrected chi connectivity index (χ2v) is 5.05. The maximum Gasteiger partial charge on any atom is 0.227 e. The van der Waals surface area contributed by atoms with Crippen molar-refractivity contribution in [1.29, 1.82) is 5.26 Å².